The lowest BCUT2D eigenvalue weighted by molar-refractivity contribution is 0.368. The van der Waals surface area contributed by atoms with Gasteiger partial charge in [0.05, 0.1) is 32.8 Å². The van der Waals surface area contributed by atoms with E-state index in [1.54, 1.807) is 21.3 Å². The van der Waals surface area contributed by atoms with E-state index >= 15 is 0 Å². The van der Waals surface area contributed by atoms with Crippen molar-refractivity contribution in [3.63, 3.8) is 0 Å². The summed E-state index contributed by atoms with van der Waals surface area (Å²) in [5.41, 5.74) is 2.92. The molecule has 0 aliphatic rings. The molecular weight excluding hydrogens is 336 g/mol. The molecule has 3 aromatic rings. The first-order valence-corrected chi connectivity index (χ1v) is 8.68. The first-order valence-electron chi connectivity index (χ1n) is 8.68. The molecule has 0 spiro atoms. The van der Waals surface area contributed by atoms with Crippen molar-refractivity contribution in [3.05, 3.63) is 89.5 Å². The first kappa shape index (κ1) is 18.4. The van der Waals surface area contributed by atoms with E-state index in [1.807, 2.05) is 60.7 Å². The smallest absolute Gasteiger partial charge is 0.131 e. The predicted molar refractivity (Wildman–Crippen MR) is 108 cm³/mol. The molecule has 0 bridgehead atoms. The Balaban J connectivity index is 2.18. The van der Waals surface area contributed by atoms with Crippen LogP contribution in [0.4, 0.5) is 0 Å². The van der Waals surface area contributed by atoms with E-state index in [-0.39, 0.29) is 5.92 Å². The van der Waals surface area contributed by atoms with Crippen LogP contribution < -0.4 is 14.2 Å². The molecule has 0 saturated heterocycles. The Morgan fingerprint density at radius 1 is 0.704 bits per heavy atom. The van der Waals surface area contributed by atoms with E-state index in [4.69, 9.17) is 14.2 Å². The molecule has 3 aromatic carbocycles. The van der Waals surface area contributed by atoms with Gasteiger partial charge in [0, 0.05) is 17.7 Å². The maximum atomic E-state index is 5.66. The van der Waals surface area contributed by atoms with Crippen LogP contribution >= 0.6 is 0 Å². The van der Waals surface area contributed by atoms with Gasteiger partial charge < -0.3 is 14.2 Å². The Kier molecular flexibility index (Phi) is 6.02. The van der Waals surface area contributed by atoms with E-state index in [1.165, 1.54) is 0 Å². The molecule has 1 unspecified atom stereocenters. The highest BCUT2D eigenvalue weighted by Gasteiger charge is 2.22. The molecule has 3 heteroatoms. The lowest BCUT2D eigenvalue weighted by atomic mass is 9.90. The van der Waals surface area contributed by atoms with Crippen molar-refractivity contribution in [2.24, 2.45) is 0 Å². The fourth-order valence-corrected chi connectivity index (χ4v) is 2.96. The number of hydrogen-bond acceptors (Lipinski definition) is 3. The second-order valence-corrected chi connectivity index (χ2v) is 5.92. The SMILES string of the molecule is COc1cc(OC)c(C(C#Cc2ccccc2)c2ccccc2)c(OC)c1. The zero-order valence-corrected chi connectivity index (χ0v) is 15.7. The van der Waals surface area contributed by atoms with Crippen LogP contribution in [0.2, 0.25) is 0 Å². The normalized spacial score (nSPS) is 11.1. The zero-order chi connectivity index (χ0) is 19.1. The Bertz CT molecular complexity index is 913. The summed E-state index contributed by atoms with van der Waals surface area (Å²) >= 11 is 0. The largest absolute Gasteiger partial charge is 0.496 e. The minimum absolute atomic E-state index is 0.206. The van der Waals surface area contributed by atoms with Crippen LogP contribution in [0.25, 0.3) is 0 Å². The maximum Gasteiger partial charge on any atom is 0.131 e. The van der Waals surface area contributed by atoms with Gasteiger partial charge in [0.15, 0.2) is 0 Å². The molecule has 3 rings (SSSR count). The highest BCUT2D eigenvalue weighted by atomic mass is 16.5. The van der Waals surface area contributed by atoms with Crippen molar-refractivity contribution in [1.82, 2.24) is 0 Å². The molecular formula is C24H22O3. The molecule has 0 saturated carbocycles. The standard InChI is InChI=1S/C24H22O3/c1-25-20-16-22(26-2)24(23(17-20)27-3)21(19-12-8-5-9-13-19)15-14-18-10-6-4-7-11-18/h4-13,16-17,21H,1-3H3. The summed E-state index contributed by atoms with van der Waals surface area (Å²) in [7, 11) is 4.91. The van der Waals surface area contributed by atoms with E-state index in [0.717, 1.165) is 16.7 Å². The van der Waals surface area contributed by atoms with Gasteiger partial charge in [0.25, 0.3) is 0 Å². The van der Waals surface area contributed by atoms with Crippen LogP contribution in [0.1, 0.15) is 22.6 Å². The third-order valence-corrected chi connectivity index (χ3v) is 4.31. The summed E-state index contributed by atoms with van der Waals surface area (Å²) < 4.78 is 16.7. The molecule has 0 aliphatic heterocycles. The van der Waals surface area contributed by atoms with Gasteiger partial charge in [-0.25, -0.2) is 0 Å². The summed E-state index contributed by atoms with van der Waals surface area (Å²) in [6, 6.07) is 23.8. The Hall–Kier alpha value is -3.38. The third-order valence-electron chi connectivity index (χ3n) is 4.31. The van der Waals surface area contributed by atoms with Crippen molar-refractivity contribution in [1.29, 1.82) is 0 Å². The highest BCUT2D eigenvalue weighted by Crippen LogP contribution is 2.41. The van der Waals surface area contributed by atoms with Gasteiger partial charge in [0.1, 0.15) is 17.2 Å². The molecule has 0 radical (unpaired) electrons. The summed E-state index contributed by atoms with van der Waals surface area (Å²) in [4.78, 5) is 0. The lowest BCUT2D eigenvalue weighted by Gasteiger charge is -2.20. The van der Waals surface area contributed by atoms with E-state index in [0.29, 0.717) is 17.2 Å². The quantitative estimate of drug-likeness (QED) is 0.608. The minimum Gasteiger partial charge on any atom is -0.496 e. The second kappa shape index (κ2) is 8.82. The Morgan fingerprint density at radius 2 is 1.26 bits per heavy atom. The summed E-state index contributed by atoms with van der Waals surface area (Å²) in [6.07, 6.45) is 0. The topological polar surface area (TPSA) is 27.7 Å². The number of ether oxygens (including phenoxy) is 3. The van der Waals surface area contributed by atoms with Gasteiger partial charge in [-0.3, -0.25) is 0 Å². The number of rotatable bonds is 5. The molecule has 1 atom stereocenters. The van der Waals surface area contributed by atoms with Crippen LogP contribution in [0.15, 0.2) is 72.8 Å². The second-order valence-electron chi connectivity index (χ2n) is 5.92. The van der Waals surface area contributed by atoms with Gasteiger partial charge in [-0.1, -0.05) is 60.4 Å². The van der Waals surface area contributed by atoms with Crippen LogP contribution in [-0.2, 0) is 0 Å². The fraction of sp³-hybridized carbons (Fsp3) is 0.167. The molecule has 27 heavy (non-hydrogen) atoms. The van der Waals surface area contributed by atoms with Crippen LogP contribution in [0.5, 0.6) is 17.2 Å². The van der Waals surface area contributed by atoms with Crippen LogP contribution in [-0.4, -0.2) is 21.3 Å². The van der Waals surface area contributed by atoms with Gasteiger partial charge in [0.2, 0.25) is 0 Å². The highest BCUT2D eigenvalue weighted by molar-refractivity contribution is 5.58. The van der Waals surface area contributed by atoms with Gasteiger partial charge in [-0.15, -0.1) is 0 Å². The van der Waals surface area contributed by atoms with E-state index in [9.17, 15) is 0 Å². The van der Waals surface area contributed by atoms with Gasteiger partial charge in [-0.2, -0.15) is 0 Å². The molecule has 0 amide bonds. The summed E-state index contributed by atoms with van der Waals surface area (Å²) in [5.74, 6) is 8.52. The van der Waals surface area contributed by atoms with E-state index < -0.39 is 0 Å². The molecule has 0 N–H and O–H groups in total. The fourth-order valence-electron chi connectivity index (χ4n) is 2.96. The van der Waals surface area contributed by atoms with Gasteiger partial charge in [-0.05, 0) is 17.7 Å². The molecule has 0 aromatic heterocycles. The third kappa shape index (κ3) is 4.24. The average Bonchev–Trinajstić information content (AvgIpc) is 2.75. The number of methoxy groups -OCH3 is 3. The van der Waals surface area contributed by atoms with Crippen LogP contribution in [0.3, 0.4) is 0 Å². The van der Waals surface area contributed by atoms with Crippen molar-refractivity contribution in [2.75, 3.05) is 21.3 Å². The minimum atomic E-state index is -0.206. The predicted octanol–water partition coefficient (Wildman–Crippen LogP) is 4.90. The lowest BCUT2D eigenvalue weighted by Crippen LogP contribution is -2.05. The van der Waals surface area contributed by atoms with Crippen molar-refractivity contribution >= 4 is 0 Å². The molecule has 0 fully saturated rings. The van der Waals surface area contributed by atoms with E-state index in [2.05, 4.69) is 24.0 Å². The summed E-state index contributed by atoms with van der Waals surface area (Å²) in [5, 5.41) is 0. The first-order chi connectivity index (χ1) is 13.3. The molecule has 0 aliphatic carbocycles. The van der Waals surface area contributed by atoms with Crippen molar-refractivity contribution in [2.45, 2.75) is 5.92 Å². The number of benzene rings is 3. The van der Waals surface area contributed by atoms with Crippen molar-refractivity contribution in [3.8, 4) is 29.1 Å². The van der Waals surface area contributed by atoms with Crippen LogP contribution in [0, 0.1) is 11.8 Å². The summed E-state index contributed by atoms with van der Waals surface area (Å²) in [6.45, 7) is 0. The number of hydrogen-bond donors (Lipinski definition) is 0. The molecule has 3 nitrogen and oxygen atoms in total. The maximum absolute atomic E-state index is 5.66. The monoisotopic (exact) mass is 358 g/mol. The average molecular weight is 358 g/mol. The van der Waals surface area contributed by atoms with Crippen molar-refractivity contribution < 1.29 is 14.2 Å². The zero-order valence-electron chi connectivity index (χ0n) is 15.7. The Morgan fingerprint density at radius 3 is 1.78 bits per heavy atom. The van der Waals surface area contributed by atoms with Gasteiger partial charge >= 0.3 is 0 Å². The Labute approximate surface area is 160 Å². The molecule has 136 valence electrons. The molecule has 0 heterocycles.